The molecule has 0 saturated carbocycles. The van der Waals surface area contributed by atoms with Crippen molar-refractivity contribution in [3.8, 4) is 0 Å². The summed E-state index contributed by atoms with van der Waals surface area (Å²) in [6, 6.07) is 21.1. The van der Waals surface area contributed by atoms with E-state index in [1.165, 1.54) is 11.1 Å². The lowest BCUT2D eigenvalue weighted by molar-refractivity contribution is 0.0330. The molecule has 0 bridgehead atoms. The fourth-order valence-electron chi connectivity index (χ4n) is 3.63. The van der Waals surface area contributed by atoms with Crippen LogP contribution in [0.25, 0.3) is 0 Å². The molecule has 24 heavy (non-hydrogen) atoms. The molecule has 1 saturated heterocycles. The van der Waals surface area contributed by atoms with E-state index in [0.29, 0.717) is 24.5 Å². The molecular weight excluding hydrogens is 296 g/mol. The van der Waals surface area contributed by atoms with Gasteiger partial charge in [0.25, 0.3) is 0 Å². The highest BCUT2D eigenvalue weighted by atomic mass is 16.5. The number of hydrogen-bond donors (Lipinski definition) is 0. The summed E-state index contributed by atoms with van der Waals surface area (Å²) >= 11 is 0. The molecule has 3 atom stereocenters. The van der Waals surface area contributed by atoms with Gasteiger partial charge in [0.2, 0.25) is 0 Å². The SMILES string of the molecule is C[C@H](COCc1ccccc1)[C@H]1CCO[C@H]1CCc1ccccc1. The monoisotopic (exact) mass is 324 g/mol. The molecule has 1 aliphatic heterocycles. The second kappa shape index (κ2) is 9.00. The fourth-order valence-corrected chi connectivity index (χ4v) is 3.63. The summed E-state index contributed by atoms with van der Waals surface area (Å²) in [5.74, 6) is 1.15. The van der Waals surface area contributed by atoms with Crippen molar-refractivity contribution in [1.82, 2.24) is 0 Å². The van der Waals surface area contributed by atoms with Crippen LogP contribution in [-0.2, 0) is 22.5 Å². The van der Waals surface area contributed by atoms with Crippen molar-refractivity contribution in [2.45, 2.75) is 38.9 Å². The Bertz CT molecular complexity index is 581. The molecule has 3 rings (SSSR count). The van der Waals surface area contributed by atoms with Gasteiger partial charge in [-0.1, -0.05) is 67.6 Å². The van der Waals surface area contributed by atoms with Gasteiger partial charge in [-0.15, -0.1) is 0 Å². The number of ether oxygens (including phenoxy) is 2. The van der Waals surface area contributed by atoms with Crippen molar-refractivity contribution in [3.05, 3.63) is 71.8 Å². The van der Waals surface area contributed by atoms with Crippen LogP contribution in [0, 0.1) is 11.8 Å². The first-order valence-electron chi connectivity index (χ1n) is 9.10. The molecule has 0 amide bonds. The van der Waals surface area contributed by atoms with Gasteiger partial charge in [-0.2, -0.15) is 0 Å². The Morgan fingerprint density at radius 3 is 2.38 bits per heavy atom. The maximum atomic E-state index is 6.02. The van der Waals surface area contributed by atoms with E-state index in [4.69, 9.17) is 9.47 Å². The van der Waals surface area contributed by atoms with E-state index in [1.807, 2.05) is 6.07 Å². The lowest BCUT2D eigenvalue weighted by atomic mass is 9.86. The zero-order valence-corrected chi connectivity index (χ0v) is 14.6. The molecule has 0 aliphatic carbocycles. The lowest BCUT2D eigenvalue weighted by Crippen LogP contribution is -2.26. The Balaban J connectivity index is 1.44. The van der Waals surface area contributed by atoms with Crippen molar-refractivity contribution < 1.29 is 9.47 Å². The van der Waals surface area contributed by atoms with Crippen LogP contribution in [0.3, 0.4) is 0 Å². The van der Waals surface area contributed by atoms with Crippen molar-refractivity contribution in [3.63, 3.8) is 0 Å². The Hall–Kier alpha value is -1.64. The predicted octanol–water partition coefficient (Wildman–Crippen LogP) is 4.88. The van der Waals surface area contributed by atoms with Gasteiger partial charge in [0.05, 0.1) is 12.7 Å². The molecule has 0 unspecified atom stereocenters. The maximum absolute atomic E-state index is 6.02. The third-order valence-electron chi connectivity index (χ3n) is 5.04. The Morgan fingerprint density at radius 2 is 1.67 bits per heavy atom. The summed E-state index contributed by atoms with van der Waals surface area (Å²) in [5, 5.41) is 0. The number of hydrogen-bond acceptors (Lipinski definition) is 2. The molecule has 0 N–H and O–H groups in total. The minimum Gasteiger partial charge on any atom is -0.378 e. The van der Waals surface area contributed by atoms with E-state index < -0.39 is 0 Å². The maximum Gasteiger partial charge on any atom is 0.0717 e. The molecule has 2 heteroatoms. The Kier molecular flexibility index (Phi) is 6.45. The van der Waals surface area contributed by atoms with Gasteiger partial charge in [0.15, 0.2) is 0 Å². The van der Waals surface area contributed by atoms with Crippen molar-refractivity contribution >= 4 is 0 Å². The smallest absolute Gasteiger partial charge is 0.0717 e. The Morgan fingerprint density at radius 1 is 1.00 bits per heavy atom. The van der Waals surface area contributed by atoms with E-state index in [1.54, 1.807) is 0 Å². The molecule has 1 aliphatic rings. The highest BCUT2D eigenvalue weighted by molar-refractivity contribution is 5.15. The third-order valence-corrected chi connectivity index (χ3v) is 5.04. The summed E-state index contributed by atoms with van der Waals surface area (Å²) in [6.07, 6.45) is 3.74. The molecule has 128 valence electrons. The number of rotatable bonds is 8. The van der Waals surface area contributed by atoms with Crippen LogP contribution in [0.5, 0.6) is 0 Å². The molecule has 1 fully saturated rings. The molecular formula is C22H28O2. The van der Waals surface area contributed by atoms with E-state index in [9.17, 15) is 0 Å². The van der Waals surface area contributed by atoms with Crippen LogP contribution in [0.2, 0.25) is 0 Å². The largest absolute Gasteiger partial charge is 0.378 e. The Labute approximate surface area is 145 Å². The topological polar surface area (TPSA) is 18.5 Å². The van der Waals surface area contributed by atoms with Gasteiger partial charge in [0, 0.05) is 13.2 Å². The summed E-state index contributed by atoms with van der Waals surface area (Å²) in [6.45, 7) is 4.71. The molecule has 2 nitrogen and oxygen atoms in total. The average Bonchev–Trinajstić information content (AvgIpc) is 3.10. The van der Waals surface area contributed by atoms with E-state index in [-0.39, 0.29) is 0 Å². The first-order valence-corrected chi connectivity index (χ1v) is 9.10. The molecule has 0 spiro atoms. The van der Waals surface area contributed by atoms with Gasteiger partial charge in [-0.05, 0) is 42.2 Å². The first-order chi connectivity index (χ1) is 11.8. The van der Waals surface area contributed by atoms with Gasteiger partial charge in [0.1, 0.15) is 0 Å². The number of aryl methyl sites for hydroxylation is 1. The summed E-state index contributed by atoms with van der Waals surface area (Å²) in [7, 11) is 0. The van der Waals surface area contributed by atoms with E-state index in [0.717, 1.165) is 32.5 Å². The highest BCUT2D eigenvalue weighted by Crippen LogP contribution is 2.31. The summed E-state index contributed by atoms with van der Waals surface area (Å²) in [4.78, 5) is 0. The second-order valence-corrected chi connectivity index (χ2v) is 6.86. The standard InChI is InChI=1S/C22H28O2/c1-18(16-23-17-20-10-6-3-7-11-20)21-14-15-24-22(21)13-12-19-8-4-2-5-9-19/h2-11,18,21-22H,12-17H2,1H3/t18-,21-,22+/m1/s1. The highest BCUT2D eigenvalue weighted by Gasteiger charge is 2.32. The van der Waals surface area contributed by atoms with Crippen molar-refractivity contribution in [2.24, 2.45) is 11.8 Å². The first kappa shape index (κ1) is 17.2. The van der Waals surface area contributed by atoms with Crippen molar-refractivity contribution in [2.75, 3.05) is 13.2 Å². The molecule has 1 heterocycles. The second-order valence-electron chi connectivity index (χ2n) is 6.86. The van der Waals surface area contributed by atoms with Gasteiger partial charge in [-0.3, -0.25) is 0 Å². The zero-order chi connectivity index (χ0) is 16.6. The fraction of sp³-hybridized carbons (Fsp3) is 0.455. The quantitative estimate of drug-likeness (QED) is 0.689. The minimum atomic E-state index is 0.375. The minimum absolute atomic E-state index is 0.375. The molecule has 0 aromatic heterocycles. The van der Waals surface area contributed by atoms with Crippen LogP contribution in [0.4, 0.5) is 0 Å². The van der Waals surface area contributed by atoms with Gasteiger partial charge >= 0.3 is 0 Å². The normalized spacial score (nSPS) is 21.7. The summed E-state index contributed by atoms with van der Waals surface area (Å²) < 4.78 is 12.0. The van der Waals surface area contributed by atoms with Crippen LogP contribution in [-0.4, -0.2) is 19.3 Å². The van der Waals surface area contributed by atoms with E-state index >= 15 is 0 Å². The zero-order valence-electron chi connectivity index (χ0n) is 14.6. The average molecular weight is 324 g/mol. The predicted molar refractivity (Wildman–Crippen MR) is 97.9 cm³/mol. The third kappa shape index (κ3) is 4.93. The van der Waals surface area contributed by atoms with Crippen LogP contribution >= 0.6 is 0 Å². The molecule has 2 aromatic carbocycles. The molecule has 2 aromatic rings. The van der Waals surface area contributed by atoms with Crippen molar-refractivity contribution in [1.29, 1.82) is 0 Å². The summed E-state index contributed by atoms with van der Waals surface area (Å²) in [5.41, 5.74) is 2.65. The lowest BCUT2D eigenvalue weighted by Gasteiger charge is -2.24. The van der Waals surface area contributed by atoms with Crippen LogP contribution in [0.15, 0.2) is 60.7 Å². The van der Waals surface area contributed by atoms with E-state index in [2.05, 4.69) is 61.5 Å². The van der Waals surface area contributed by atoms with Crippen LogP contribution < -0.4 is 0 Å². The number of benzene rings is 2. The van der Waals surface area contributed by atoms with Gasteiger partial charge < -0.3 is 9.47 Å². The van der Waals surface area contributed by atoms with Gasteiger partial charge in [-0.25, -0.2) is 0 Å². The van der Waals surface area contributed by atoms with Crippen LogP contribution in [0.1, 0.15) is 30.9 Å². The molecule has 0 radical (unpaired) electrons.